The summed E-state index contributed by atoms with van der Waals surface area (Å²) < 4.78 is 10.9. The van der Waals surface area contributed by atoms with E-state index in [0.29, 0.717) is 0 Å². The van der Waals surface area contributed by atoms with Crippen molar-refractivity contribution in [2.24, 2.45) is 5.84 Å². The number of methoxy groups -OCH3 is 2. The Balaban J connectivity index is 2.51. The van der Waals surface area contributed by atoms with Crippen LogP contribution in [0.2, 0.25) is 0 Å². The molecule has 2 aromatic carbocycles. The maximum Gasteiger partial charge on any atom is 0.124 e. The molecule has 1 atom stereocenters. The number of ether oxygens (including phenoxy) is 2. The number of hydrogen-bond donors (Lipinski definition) is 2. The van der Waals surface area contributed by atoms with Gasteiger partial charge in [-0.15, -0.1) is 0 Å². The molecule has 3 N–H and O–H groups in total. The summed E-state index contributed by atoms with van der Waals surface area (Å²) in [5.41, 5.74) is 7.16. The number of rotatable bonds is 5. The highest BCUT2D eigenvalue weighted by Gasteiger charge is 2.18. The van der Waals surface area contributed by atoms with E-state index in [1.165, 1.54) is 0 Å². The molecule has 4 heteroatoms. The van der Waals surface area contributed by atoms with Gasteiger partial charge in [0, 0.05) is 5.56 Å². The molecule has 0 fully saturated rings. The zero-order valence-electron chi connectivity index (χ0n) is 12.9. The Morgan fingerprint density at radius 2 is 1.67 bits per heavy atom. The number of hydrazine groups is 1. The standard InChI is InChI=1S/C17H22N2O2/c1-11-5-8-15(20-3)14(9-11)17(19-18)13-7-6-12(2)16(10-13)21-4/h5-10,17,19H,18H2,1-4H3. The average Bonchev–Trinajstić information content (AvgIpc) is 2.50. The molecule has 1 unspecified atom stereocenters. The van der Waals surface area contributed by atoms with Crippen LogP contribution in [0.4, 0.5) is 0 Å². The van der Waals surface area contributed by atoms with E-state index in [1.54, 1.807) is 14.2 Å². The fourth-order valence-corrected chi connectivity index (χ4v) is 2.46. The van der Waals surface area contributed by atoms with Crippen molar-refractivity contribution in [1.82, 2.24) is 5.43 Å². The van der Waals surface area contributed by atoms with Crippen LogP contribution in [0.5, 0.6) is 11.5 Å². The molecule has 0 aromatic heterocycles. The van der Waals surface area contributed by atoms with Gasteiger partial charge in [0.15, 0.2) is 0 Å². The first kappa shape index (κ1) is 15.4. The summed E-state index contributed by atoms with van der Waals surface area (Å²) in [6, 6.07) is 12.0. The lowest BCUT2D eigenvalue weighted by Crippen LogP contribution is -2.29. The molecule has 0 radical (unpaired) electrons. The van der Waals surface area contributed by atoms with Gasteiger partial charge in [-0.3, -0.25) is 5.84 Å². The van der Waals surface area contributed by atoms with Crippen molar-refractivity contribution >= 4 is 0 Å². The molecular formula is C17H22N2O2. The number of nitrogens with one attached hydrogen (secondary N) is 1. The molecule has 0 saturated carbocycles. The van der Waals surface area contributed by atoms with E-state index >= 15 is 0 Å². The normalized spacial score (nSPS) is 12.0. The molecule has 0 amide bonds. The highest BCUT2D eigenvalue weighted by molar-refractivity contribution is 5.46. The van der Waals surface area contributed by atoms with Gasteiger partial charge in [-0.1, -0.05) is 29.8 Å². The van der Waals surface area contributed by atoms with E-state index in [2.05, 4.69) is 11.5 Å². The number of aryl methyl sites for hydroxylation is 2. The Hall–Kier alpha value is -2.04. The van der Waals surface area contributed by atoms with Gasteiger partial charge in [-0.2, -0.15) is 0 Å². The Kier molecular flexibility index (Phi) is 4.83. The van der Waals surface area contributed by atoms with Gasteiger partial charge in [0.25, 0.3) is 0 Å². The third-order valence-corrected chi connectivity index (χ3v) is 3.63. The lowest BCUT2D eigenvalue weighted by molar-refractivity contribution is 0.402. The summed E-state index contributed by atoms with van der Waals surface area (Å²) >= 11 is 0. The summed E-state index contributed by atoms with van der Waals surface area (Å²) in [6.07, 6.45) is 0. The molecule has 0 spiro atoms. The topological polar surface area (TPSA) is 56.5 Å². The number of nitrogens with two attached hydrogens (primary N) is 1. The first-order valence-electron chi connectivity index (χ1n) is 6.86. The Labute approximate surface area is 125 Å². The summed E-state index contributed by atoms with van der Waals surface area (Å²) in [4.78, 5) is 0. The van der Waals surface area contributed by atoms with Crippen molar-refractivity contribution in [2.75, 3.05) is 14.2 Å². The van der Waals surface area contributed by atoms with Crippen molar-refractivity contribution in [3.05, 3.63) is 58.7 Å². The lowest BCUT2D eigenvalue weighted by Gasteiger charge is -2.21. The second kappa shape index (κ2) is 6.61. The molecule has 0 bridgehead atoms. The minimum Gasteiger partial charge on any atom is -0.496 e. The third-order valence-electron chi connectivity index (χ3n) is 3.63. The van der Waals surface area contributed by atoms with Crippen LogP contribution in [0.15, 0.2) is 36.4 Å². The Morgan fingerprint density at radius 1 is 0.952 bits per heavy atom. The van der Waals surface area contributed by atoms with Crippen LogP contribution < -0.4 is 20.7 Å². The monoisotopic (exact) mass is 286 g/mol. The fraction of sp³-hybridized carbons (Fsp3) is 0.294. The van der Waals surface area contributed by atoms with Crippen LogP contribution in [0, 0.1) is 13.8 Å². The quantitative estimate of drug-likeness (QED) is 0.655. The summed E-state index contributed by atoms with van der Waals surface area (Å²) in [7, 11) is 3.34. The van der Waals surface area contributed by atoms with E-state index < -0.39 is 0 Å². The first-order valence-corrected chi connectivity index (χ1v) is 6.86. The predicted octanol–water partition coefficient (Wildman–Crippen LogP) is 2.87. The summed E-state index contributed by atoms with van der Waals surface area (Å²) in [6.45, 7) is 4.06. The lowest BCUT2D eigenvalue weighted by atomic mass is 9.96. The van der Waals surface area contributed by atoms with Crippen LogP contribution in [0.25, 0.3) is 0 Å². The van der Waals surface area contributed by atoms with Crippen LogP contribution in [0.3, 0.4) is 0 Å². The van der Waals surface area contributed by atoms with E-state index in [9.17, 15) is 0 Å². The van der Waals surface area contributed by atoms with Gasteiger partial charge in [0.2, 0.25) is 0 Å². The molecule has 0 aliphatic rings. The predicted molar refractivity (Wildman–Crippen MR) is 84.6 cm³/mol. The van der Waals surface area contributed by atoms with Crippen LogP contribution in [-0.4, -0.2) is 14.2 Å². The highest BCUT2D eigenvalue weighted by atomic mass is 16.5. The van der Waals surface area contributed by atoms with E-state index in [1.807, 2.05) is 44.2 Å². The Bertz CT molecular complexity index is 626. The molecule has 112 valence electrons. The molecule has 0 aliphatic heterocycles. The van der Waals surface area contributed by atoms with Crippen molar-refractivity contribution < 1.29 is 9.47 Å². The third kappa shape index (κ3) is 3.17. The van der Waals surface area contributed by atoms with Crippen LogP contribution in [-0.2, 0) is 0 Å². The smallest absolute Gasteiger partial charge is 0.124 e. The van der Waals surface area contributed by atoms with Crippen LogP contribution in [0.1, 0.15) is 28.3 Å². The second-order valence-electron chi connectivity index (χ2n) is 5.07. The minimum atomic E-state index is -0.158. The van der Waals surface area contributed by atoms with Crippen molar-refractivity contribution in [3.8, 4) is 11.5 Å². The summed E-state index contributed by atoms with van der Waals surface area (Å²) in [5, 5.41) is 0. The van der Waals surface area contributed by atoms with E-state index in [4.69, 9.17) is 15.3 Å². The molecule has 21 heavy (non-hydrogen) atoms. The van der Waals surface area contributed by atoms with Gasteiger partial charge in [0.05, 0.1) is 20.3 Å². The molecule has 0 aliphatic carbocycles. The number of hydrogen-bond acceptors (Lipinski definition) is 4. The van der Waals surface area contributed by atoms with E-state index in [0.717, 1.165) is 33.8 Å². The molecule has 4 nitrogen and oxygen atoms in total. The van der Waals surface area contributed by atoms with Gasteiger partial charge < -0.3 is 9.47 Å². The fourth-order valence-electron chi connectivity index (χ4n) is 2.46. The van der Waals surface area contributed by atoms with Crippen LogP contribution >= 0.6 is 0 Å². The maximum atomic E-state index is 5.79. The van der Waals surface area contributed by atoms with Crippen molar-refractivity contribution in [2.45, 2.75) is 19.9 Å². The maximum absolute atomic E-state index is 5.79. The largest absolute Gasteiger partial charge is 0.496 e. The minimum absolute atomic E-state index is 0.158. The van der Waals surface area contributed by atoms with E-state index in [-0.39, 0.29) is 6.04 Å². The zero-order valence-corrected chi connectivity index (χ0v) is 12.9. The summed E-state index contributed by atoms with van der Waals surface area (Å²) in [5.74, 6) is 7.45. The SMILES string of the molecule is COc1cc(C(NN)c2cc(C)ccc2OC)ccc1C. The Morgan fingerprint density at radius 3 is 2.29 bits per heavy atom. The average molecular weight is 286 g/mol. The molecule has 2 aromatic rings. The van der Waals surface area contributed by atoms with Crippen molar-refractivity contribution in [3.63, 3.8) is 0 Å². The zero-order chi connectivity index (χ0) is 15.4. The van der Waals surface area contributed by atoms with Gasteiger partial charge in [0.1, 0.15) is 11.5 Å². The van der Waals surface area contributed by atoms with Gasteiger partial charge in [-0.05, 0) is 37.1 Å². The number of benzene rings is 2. The van der Waals surface area contributed by atoms with Crippen molar-refractivity contribution in [1.29, 1.82) is 0 Å². The highest BCUT2D eigenvalue weighted by Crippen LogP contribution is 2.32. The second-order valence-corrected chi connectivity index (χ2v) is 5.07. The molecule has 0 saturated heterocycles. The molecular weight excluding hydrogens is 264 g/mol. The van der Waals surface area contributed by atoms with Gasteiger partial charge in [-0.25, -0.2) is 5.43 Å². The molecule has 2 rings (SSSR count). The molecule has 0 heterocycles. The van der Waals surface area contributed by atoms with Gasteiger partial charge >= 0.3 is 0 Å². The first-order chi connectivity index (χ1) is 10.1.